The molecule has 0 aromatic heterocycles. The van der Waals surface area contributed by atoms with Crippen LogP contribution >= 0.6 is 0 Å². The zero-order chi connectivity index (χ0) is 15.3. The minimum Gasteiger partial charge on any atom is 1.00 e. The molecule has 120 valence electrons. The smallest absolute Gasteiger partial charge is 1.00 e. The molecule has 5 rings (SSSR count). The topological polar surface area (TPSA) is 142 Å². The Balaban J connectivity index is 0.000000845. The van der Waals surface area contributed by atoms with E-state index in [1.165, 1.54) is 0 Å². The molecule has 24 heavy (non-hydrogen) atoms. The maximum Gasteiger partial charge on any atom is 1.00 e. The zero-order valence-corrected chi connectivity index (χ0v) is 23.5. The van der Waals surface area contributed by atoms with Crippen molar-refractivity contribution in [1.29, 1.82) is 0 Å². The van der Waals surface area contributed by atoms with Gasteiger partial charge in [-0.25, -0.2) is 0 Å². The average Bonchev–Trinajstić information content (AvgIpc) is 3.09. The monoisotopic (exact) mass is 612 g/mol. The van der Waals surface area contributed by atoms with Crippen molar-refractivity contribution in [2.45, 2.75) is 24.4 Å². The van der Waals surface area contributed by atoms with Crippen molar-refractivity contribution in [3.05, 3.63) is 0 Å². The van der Waals surface area contributed by atoms with Crippen LogP contribution in [0, 0.1) is 0 Å². The molecule has 2 spiro atoms. The summed E-state index contributed by atoms with van der Waals surface area (Å²) in [6, 6.07) is 0. The second kappa shape index (κ2) is 7.15. The first-order chi connectivity index (χ1) is 10.4. The molecule has 4 atom stereocenters. The van der Waals surface area contributed by atoms with Gasteiger partial charge in [0.15, 0.2) is 0 Å². The van der Waals surface area contributed by atoms with Gasteiger partial charge in [-0.3, -0.25) is 0 Å². The number of carbonyl (C=O) groups is 4. The zero-order valence-electron chi connectivity index (χ0n) is 12.1. The van der Waals surface area contributed by atoms with Gasteiger partial charge in [0.1, 0.15) is 0 Å². The van der Waals surface area contributed by atoms with Gasteiger partial charge in [0.2, 0.25) is 0 Å². The van der Waals surface area contributed by atoms with Gasteiger partial charge >= 0.3 is 235 Å². The summed E-state index contributed by atoms with van der Waals surface area (Å²) in [6.07, 6.45) is -6.06. The molecule has 0 aromatic rings. The van der Waals surface area contributed by atoms with Crippen LogP contribution in [0.3, 0.4) is 0 Å². The van der Waals surface area contributed by atoms with Crippen LogP contribution in [0.1, 0.15) is 0 Å². The van der Waals surface area contributed by atoms with Gasteiger partial charge in [-0.15, -0.1) is 0 Å². The minimum absolute atomic E-state index is 0. The van der Waals surface area contributed by atoms with Crippen LogP contribution in [0.25, 0.3) is 0 Å². The fourth-order valence-electron chi connectivity index (χ4n) is 2.35. The van der Waals surface area contributed by atoms with E-state index in [1.807, 2.05) is 0 Å². The minimum atomic E-state index is -4.87. The Bertz CT molecular complexity index is 557. The Morgan fingerprint density at radius 3 is 0.917 bits per heavy atom. The molecule has 5 fully saturated rings. The van der Waals surface area contributed by atoms with E-state index in [4.69, 9.17) is 24.1 Å². The summed E-state index contributed by atoms with van der Waals surface area (Å²) in [7, 11) is 0. The van der Waals surface area contributed by atoms with E-state index in [-0.39, 0.29) is 103 Å². The fraction of sp³-hybridized carbons (Fsp3) is 0.500. The summed E-state index contributed by atoms with van der Waals surface area (Å²) in [4.78, 5) is 47.6. The van der Waals surface area contributed by atoms with Crippen molar-refractivity contribution in [2.75, 3.05) is 0 Å². The van der Waals surface area contributed by atoms with Crippen molar-refractivity contribution in [2.24, 2.45) is 0 Å². The predicted molar refractivity (Wildman–Crippen MR) is 55.4 cm³/mol. The Hall–Kier alpha value is 2.63. The molecule has 6 bridgehead atoms. The summed E-state index contributed by atoms with van der Waals surface area (Å²) in [5.74, 6) is -3.86. The Kier molecular flexibility index (Phi) is 6.36. The normalized spacial score (nSPS) is 52.3. The first kappa shape index (κ1) is 21.3. The summed E-state index contributed by atoms with van der Waals surface area (Å²) in [5.41, 5.74) is 0. The van der Waals surface area contributed by atoms with Crippen molar-refractivity contribution in [1.82, 2.24) is 0 Å². The molecule has 12 nitrogen and oxygen atoms in total. The SMILES string of the molecule is O=C1[O][Sb-]23[O]C(=O)[C@H]([O]2)[C@H]2[O][Sb-]4([O]C(=O)[C@H]([O]4)[C@H]1[O]3)[O]C2=O.[K+].[K+]. The van der Waals surface area contributed by atoms with E-state index in [0.717, 1.165) is 0 Å². The quantitative estimate of drug-likeness (QED) is 0.240. The number of hydrogen-bond acceptors (Lipinski definition) is 12. The van der Waals surface area contributed by atoms with Crippen molar-refractivity contribution < 1.29 is 146 Å². The van der Waals surface area contributed by atoms with E-state index in [1.54, 1.807) is 0 Å². The first-order valence-corrected chi connectivity index (χ1v) is 14.2. The maximum absolute atomic E-state index is 11.9. The van der Waals surface area contributed by atoms with Crippen LogP contribution in [-0.2, 0) is 43.3 Å². The second-order valence-electron chi connectivity index (χ2n) is 4.64. The van der Waals surface area contributed by atoms with Crippen LogP contribution < -0.4 is 103 Å². The Morgan fingerprint density at radius 2 is 0.708 bits per heavy atom. The number of fused-ring (bicyclic) bond motifs is 6. The summed E-state index contributed by atoms with van der Waals surface area (Å²) in [5, 5.41) is 0. The van der Waals surface area contributed by atoms with Gasteiger partial charge in [0, 0.05) is 0 Å². The number of hydrogen-bond donors (Lipinski definition) is 0. The van der Waals surface area contributed by atoms with E-state index >= 15 is 0 Å². The second-order valence-corrected chi connectivity index (χ2v) is 14.2. The molecule has 16 heteroatoms. The molecule has 0 unspecified atom stereocenters. The Labute approximate surface area is 230 Å². The van der Waals surface area contributed by atoms with Crippen molar-refractivity contribution in [3.8, 4) is 0 Å². The van der Waals surface area contributed by atoms with Crippen LogP contribution in [0.15, 0.2) is 0 Å². The fourth-order valence-corrected chi connectivity index (χ4v) is 13.0. The predicted octanol–water partition coefficient (Wildman–Crippen LogP) is -9.35. The van der Waals surface area contributed by atoms with Crippen LogP contribution in [-0.4, -0.2) is 89.3 Å². The van der Waals surface area contributed by atoms with E-state index in [2.05, 4.69) is 0 Å². The molecular weight excluding hydrogens is 610 g/mol. The summed E-state index contributed by atoms with van der Waals surface area (Å²) >= 11 is -9.74. The number of rotatable bonds is 0. The molecule has 0 aromatic carbocycles. The third-order valence-electron chi connectivity index (χ3n) is 3.26. The molecule has 0 saturated carbocycles. The maximum atomic E-state index is 11.9. The Morgan fingerprint density at radius 1 is 0.500 bits per heavy atom. The molecule has 0 amide bonds. The molecule has 0 N–H and O–H groups in total. The van der Waals surface area contributed by atoms with Gasteiger partial charge in [-0.05, 0) is 0 Å². The van der Waals surface area contributed by atoms with E-state index < -0.39 is 89.3 Å². The molecule has 0 aliphatic carbocycles. The van der Waals surface area contributed by atoms with Crippen molar-refractivity contribution in [3.63, 3.8) is 0 Å². The van der Waals surface area contributed by atoms with Gasteiger partial charge < -0.3 is 0 Å². The summed E-state index contributed by atoms with van der Waals surface area (Å²) in [6.45, 7) is 0. The van der Waals surface area contributed by atoms with Crippen LogP contribution in [0.4, 0.5) is 0 Å². The molecular formula is C8H4K2O12Sb2. The van der Waals surface area contributed by atoms with E-state index in [0.29, 0.717) is 0 Å². The molecule has 5 aliphatic heterocycles. The van der Waals surface area contributed by atoms with Crippen LogP contribution in [0.5, 0.6) is 0 Å². The molecule has 5 saturated heterocycles. The van der Waals surface area contributed by atoms with Gasteiger partial charge in [-0.2, -0.15) is 0 Å². The van der Waals surface area contributed by atoms with Gasteiger partial charge in [0.25, 0.3) is 0 Å². The largest absolute Gasteiger partial charge is 1.00 e. The molecule has 0 radical (unpaired) electrons. The van der Waals surface area contributed by atoms with Crippen LogP contribution in [0.2, 0.25) is 0 Å². The van der Waals surface area contributed by atoms with E-state index in [9.17, 15) is 19.2 Å². The standard InChI is InChI=1S/2C4H4O6.2K.2Sb/c2*5-1(3(7)8)2(6)4(9)10;;;;/h2*1-2H,(H,7,8)(H,9,10);;;;/q2*-2;2*+1;2*+3/p-4/t2*1-,2-;;;;/m11..../s1. The third kappa shape index (κ3) is 3.10. The van der Waals surface area contributed by atoms with Crippen molar-refractivity contribution >= 4 is 64.8 Å². The van der Waals surface area contributed by atoms with Gasteiger partial charge in [-0.1, -0.05) is 0 Å². The number of carbonyl (C=O) groups excluding carboxylic acids is 4. The molecule has 5 aliphatic rings. The third-order valence-corrected chi connectivity index (χ3v) is 13.4. The first-order valence-electron chi connectivity index (χ1n) is 5.86. The average molecular weight is 614 g/mol. The summed E-state index contributed by atoms with van der Waals surface area (Å²) < 4.78 is 41.0. The molecule has 5 heterocycles. The van der Waals surface area contributed by atoms with Gasteiger partial charge in [0.05, 0.1) is 0 Å².